The van der Waals surface area contributed by atoms with Gasteiger partial charge in [-0.15, -0.1) is 0 Å². The van der Waals surface area contributed by atoms with Crippen LogP contribution < -0.4 is 26.0 Å². The fraction of sp³-hybridized carbons (Fsp3) is 0.410. The lowest BCUT2D eigenvalue weighted by Crippen LogP contribution is -2.49. The quantitative estimate of drug-likeness (QED) is 0.199. The van der Waals surface area contributed by atoms with Crippen LogP contribution in [0.2, 0.25) is 0 Å². The molecule has 278 valence electrons. The van der Waals surface area contributed by atoms with Gasteiger partial charge in [0.15, 0.2) is 0 Å². The number of fused-ring (bicyclic) bond motifs is 2. The summed E-state index contributed by atoms with van der Waals surface area (Å²) in [5.41, 5.74) is 4.06. The van der Waals surface area contributed by atoms with Gasteiger partial charge in [0, 0.05) is 69.1 Å². The second-order valence-electron chi connectivity index (χ2n) is 14.6. The molecule has 3 aliphatic rings. The fourth-order valence-electron chi connectivity index (χ4n) is 8.10. The van der Waals surface area contributed by atoms with E-state index in [0.29, 0.717) is 47.4 Å². The Balaban J connectivity index is 0.832. The summed E-state index contributed by atoms with van der Waals surface area (Å²) in [7, 11) is 3.28. The van der Waals surface area contributed by atoms with E-state index in [2.05, 4.69) is 20.5 Å². The number of nitrogens with zero attached hydrogens (tertiary/aromatic N) is 7. The highest BCUT2D eigenvalue weighted by molar-refractivity contribution is 6.06. The van der Waals surface area contributed by atoms with E-state index < -0.39 is 11.9 Å². The molecular weight excluding hydrogens is 690 g/mol. The monoisotopic (exact) mass is 731 g/mol. The van der Waals surface area contributed by atoms with Gasteiger partial charge in [0.05, 0.1) is 58.8 Å². The molecule has 0 radical (unpaired) electrons. The van der Waals surface area contributed by atoms with Gasteiger partial charge in [-0.1, -0.05) is 6.07 Å². The van der Waals surface area contributed by atoms with Crippen LogP contribution in [0.3, 0.4) is 0 Å². The molecule has 1 atom stereocenters. The molecule has 2 aromatic carbocycles. The van der Waals surface area contributed by atoms with Crippen molar-refractivity contribution in [3.05, 3.63) is 76.6 Å². The standard InChI is InChI=1S/C39H41N9O6/c1-45-36-31(4-3-5-32(36)48(39(45)52)33-10-11-35(49)43-38(33)51)46-18-25(19-46)22-54-21-23-6-8-28(9-7-23)47-20-27-13-30(34(53-2)14-29(27)44-47)42-37(50)26-12-24(15-40)16-41-17-26/h3-5,12-14,16-17,20,23,25,28,33H,6-11,18-19,21-22H2,1-2H3,(H,42,50)(H,43,49,51). The lowest BCUT2D eigenvalue weighted by Gasteiger charge is -2.41. The maximum Gasteiger partial charge on any atom is 0.329 e. The van der Waals surface area contributed by atoms with Crippen molar-refractivity contribution in [1.29, 1.82) is 5.26 Å². The highest BCUT2D eigenvalue weighted by Gasteiger charge is 2.34. The predicted octanol–water partition coefficient (Wildman–Crippen LogP) is 4.08. The second kappa shape index (κ2) is 14.4. The number of carbonyl (C=O) groups excluding carboxylic acids is 3. The van der Waals surface area contributed by atoms with E-state index in [1.54, 1.807) is 18.7 Å². The molecule has 5 heterocycles. The van der Waals surface area contributed by atoms with E-state index in [-0.39, 0.29) is 35.5 Å². The summed E-state index contributed by atoms with van der Waals surface area (Å²) in [6.07, 6.45) is 9.42. The Bertz CT molecular complexity index is 2380. The van der Waals surface area contributed by atoms with Gasteiger partial charge in [-0.2, -0.15) is 10.4 Å². The van der Waals surface area contributed by atoms with Crippen molar-refractivity contribution in [2.75, 3.05) is 43.6 Å². The maximum atomic E-state index is 13.3. The number of aryl methyl sites for hydroxylation is 1. The summed E-state index contributed by atoms with van der Waals surface area (Å²) in [6, 6.07) is 12.5. The van der Waals surface area contributed by atoms with E-state index >= 15 is 0 Å². The molecule has 54 heavy (non-hydrogen) atoms. The third kappa shape index (κ3) is 6.57. The van der Waals surface area contributed by atoms with E-state index in [1.807, 2.05) is 47.3 Å². The first-order valence-electron chi connectivity index (χ1n) is 18.3. The third-order valence-electron chi connectivity index (χ3n) is 11.0. The van der Waals surface area contributed by atoms with E-state index in [1.165, 1.54) is 23.0 Å². The summed E-state index contributed by atoms with van der Waals surface area (Å²) in [5, 5.41) is 20.2. The van der Waals surface area contributed by atoms with Crippen LogP contribution in [0.1, 0.15) is 66.5 Å². The number of methoxy groups -OCH3 is 1. The Morgan fingerprint density at radius 3 is 2.59 bits per heavy atom. The minimum Gasteiger partial charge on any atom is -0.494 e. The first kappa shape index (κ1) is 35.0. The lowest BCUT2D eigenvalue weighted by molar-refractivity contribution is -0.135. The molecule has 3 aromatic heterocycles. The summed E-state index contributed by atoms with van der Waals surface area (Å²) in [6.45, 7) is 3.03. The molecule has 2 N–H and O–H groups in total. The SMILES string of the molecule is COc1cc2nn(C3CCC(COCC4CN(c5cccc6c5n(C)c(=O)n6C5CCC(=O)NC5=O)C4)CC3)cc2cc1NC(=O)c1cncc(C#N)c1. The van der Waals surface area contributed by atoms with Crippen molar-refractivity contribution >= 4 is 51.0 Å². The molecule has 0 spiro atoms. The number of pyridine rings is 1. The highest BCUT2D eigenvalue weighted by atomic mass is 16.5. The number of hydrogen-bond acceptors (Lipinski definition) is 10. The van der Waals surface area contributed by atoms with Crippen LogP contribution >= 0.6 is 0 Å². The number of nitriles is 1. The fourth-order valence-corrected chi connectivity index (χ4v) is 8.10. The number of piperidine rings is 1. The number of ether oxygens (including phenoxy) is 2. The number of imidazole rings is 1. The van der Waals surface area contributed by atoms with Crippen LogP contribution in [-0.2, 0) is 21.4 Å². The molecule has 2 aliphatic heterocycles. The van der Waals surface area contributed by atoms with Crippen molar-refractivity contribution < 1.29 is 23.9 Å². The molecule has 1 saturated carbocycles. The number of rotatable bonds is 10. The second-order valence-corrected chi connectivity index (χ2v) is 14.6. The van der Waals surface area contributed by atoms with Gasteiger partial charge < -0.3 is 19.7 Å². The normalized spacial score (nSPS) is 20.5. The zero-order chi connectivity index (χ0) is 37.5. The Labute approximate surface area is 310 Å². The number of para-hydroxylation sites is 1. The average Bonchev–Trinajstić information content (AvgIpc) is 3.69. The van der Waals surface area contributed by atoms with Crippen molar-refractivity contribution in [3.63, 3.8) is 0 Å². The number of aromatic nitrogens is 5. The minimum atomic E-state index is -0.709. The smallest absolute Gasteiger partial charge is 0.329 e. The van der Waals surface area contributed by atoms with Gasteiger partial charge in [-0.3, -0.25) is 38.5 Å². The van der Waals surface area contributed by atoms with Gasteiger partial charge in [0.25, 0.3) is 5.91 Å². The van der Waals surface area contributed by atoms with Gasteiger partial charge in [0.2, 0.25) is 11.8 Å². The van der Waals surface area contributed by atoms with Gasteiger partial charge in [0.1, 0.15) is 17.9 Å². The van der Waals surface area contributed by atoms with Crippen molar-refractivity contribution in [2.24, 2.45) is 18.9 Å². The largest absolute Gasteiger partial charge is 0.494 e. The van der Waals surface area contributed by atoms with Crippen molar-refractivity contribution in [3.8, 4) is 11.8 Å². The van der Waals surface area contributed by atoms with Crippen molar-refractivity contribution in [1.82, 2.24) is 29.2 Å². The maximum absolute atomic E-state index is 13.3. The zero-order valence-electron chi connectivity index (χ0n) is 30.2. The van der Waals surface area contributed by atoms with Gasteiger partial charge >= 0.3 is 5.69 Å². The van der Waals surface area contributed by atoms with Crippen LogP contribution in [0.5, 0.6) is 5.75 Å². The summed E-state index contributed by atoms with van der Waals surface area (Å²) < 4.78 is 17.0. The molecule has 1 aliphatic carbocycles. The topological polar surface area (TPSA) is 178 Å². The molecule has 3 fully saturated rings. The Kier molecular flexibility index (Phi) is 9.36. The number of hydrogen-bond donors (Lipinski definition) is 2. The third-order valence-corrected chi connectivity index (χ3v) is 11.0. The predicted molar refractivity (Wildman–Crippen MR) is 199 cm³/mol. The lowest BCUT2D eigenvalue weighted by atomic mass is 9.86. The summed E-state index contributed by atoms with van der Waals surface area (Å²) in [4.78, 5) is 56.8. The number of imide groups is 1. The molecule has 15 heteroatoms. The Morgan fingerprint density at radius 1 is 1.04 bits per heavy atom. The average molecular weight is 732 g/mol. The molecule has 0 bridgehead atoms. The molecular formula is C39H41N9O6. The number of amides is 3. The van der Waals surface area contributed by atoms with Crippen LogP contribution in [0, 0.1) is 23.2 Å². The van der Waals surface area contributed by atoms with Crippen LogP contribution in [-0.4, -0.2) is 75.0 Å². The first-order chi connectivity index (χ1) is 26.2. The summed E-state index contributed by atoms with van der Waals surface area (Å²) >= 11 is 0. The summed E-state index contributed by atoms with van der Waals surface area (Å²) in [5.74, 6) is 0.228. The van der Waals surface area contributed by atoms with Crippen LogP contribution in [0.25, 0.3) is 21.9 Å². The van der Waals surface area contributed by atoms with E-state index in [9.17, 15) is 19.2 Å². The Hall–Kier alpha value is -6.01. The van der Waals surface area contributed by atoms with Crippen molar-refractivity contribution in [2.45, 2.75) is 50.6 Å². The number of carbonyl (C=O) groups is 3. The highest BCUT2D eigenvalue weighted by Crippen LogP contribution is 2.37. The molecule has 1 unspecified atom stereocenters. The first-order valence-corrected chi connectivity index (χ1v) is 18.3. The van der Waals surface area contributed by atoms with Gasteiger partial charge in [-0.25, -0.2) is 4.79 Å². The minimum absolute atomic E-state index is 0.206. The molecule has 2 saturated heterocycles. The molecule has 3 amide bonds. The Morgan fingerprint density at radius 2 is 1.83 bits per heavy atom. The van der Waals surface area contributed by atoms with E-state index in [4.69, 9.17) is 19.8 Å². The number of benzene rings is 2. The molecule has 5 aromatic rings. The number of anilines is 2. The molecule has 15 nitrogen and oxygen atoms in total. The van der Waals surface area contributed by atoms with Crippen LogP contribution in [0.4, 0.5) is 11.4 Å². The molecule has 8 rings (SSSR count). The van der Waals surface area contributed by atoms with E-state index in [0.717, 1.165) is 67.5 Å². The van der Waals surface area contributed by atoms with Gasteiger partial charge in [-0.05, 0) is 62.3 Å². The zero-order valence-corrected chi connectivity index (χ0v) is 30.2. The van der Waals surface area contributed by atoms with Crippen LogP contribution in [0.15, 0.2) is 59.8 Å². The number of nitrogens with one attached hydrogen (secondary N) is 2.